The highest BCUT2D eigenvalue weighted by Gasteiger charge is 2.23. The van der Waals surface area contributed by atoms with Crippen LogP contribution in [0.4, 0.5) is 0 Å². The van der Waals surface area contributed by atoms with Gasteiger partial charge in [0.15, 0.2) is 0 Å². The Kier molecular flexibility index (Phi) is 3.97. The van der Waals surface area contributed by atoms with Gasteiger partial charge in [0, 0.05) is 24.8 Å². The molecule has 1 fully saturated rings. The Morgan fingerprint density at radius 2 is 1.28 bits per heavy atom. The van der Waals surface area contributed by atoms with Crippen LogP contribution in [0, 0.1) is 20.8 Å². The van der Waals surface area contributed by atoms with E-state index in [0.717, 1.165) is 23.1 Å². The summed E-state index contributed by atoms with van der Waals surface area (Å²) < 4.78 is 0. The van der Waals surface area contributed by atoms with Gasteiger partial charge in [-0.1, -0.05) is 0 Å². The molecule has 0 saturated heterocycles. The van der Waals surface area contributed by atoms with E-state index in [1.54, 1.807) is 12.4 Å². The minimum atomic E-state index is 0.778. The van der Waals surface area contributed by atoms with E-state index in [4.69, 9.17) is 0 Å². The second kappa shape index (κ2) is 5.67. The molecule has 2 aromatic rings. The third kappa shape index (κ3) is 3.87. The topological polar surface area (TPSA) is 51.6 Å². The van der Waals surface area contributed by atoms with Crippen LogP contribution < -0.4 is 0 Å². The van der Waals surface area contributed by atoms with Crippen molar-refractivity contribution in [2.45, 2.75) is 39.5 Å². The molecule has 0 spiro atoms. The minimum absolute atomic E-state index is 0.778. The van der Waals surface area contributed by atoms with Gasteiger partial charge in [-0.15, -0.1) is 0 Å². The van der Waals surface area contributed by atoms with Crippen molar-refractivity contribution in [2.24, 2.45) is 0 Å². The highest BCUT2D eigenvalue weighted by atomic mass is 14.8. The van der Waals surface area contributed by atoms with Crippen molar-refractivity contribution in [3.8, 4) is 0 Å². The first-order chi connectivity index (χ1) is 8.65. The molecule has 94 valence electrons. The van der Waals surface area contributed by atoms with Crippen LogP contribution in [0.15, 0.2) is 24.8 Å². The first kappa shape index (κ1) is 12.6. The van der Waals surface area contributed by atoms with E-state index < -0.39 is 0 Å². The van der Waals surface area contributed by atoms with E-state index in [-0.39, 0.29) is 0 Å². The molecule has 0 atom stereocenters. The Balaban J connectivity index is 0.000000138. The molecule has 0 aliphatic heterocycles. The highest BCUT2D eigenvalue weighted by Crippen LogP contribution is 2.39. The maximum Gasteiger partial charge on any atom is 0.125 e. The van der Waals surface area contributed by atoms with Gasteiger partial charge in [0.05, 0.1) is 11.4 Å². The fourth-order valence-corrected chi connectivity index (χ4v) is 1.49. The van der Waals surface area contributed by atoms with Gasteiger partial charge < -0.3 is 0 Å². The van der Waals surface area contributed by atoms with Crippen LogP contribution in [0.1, 0.15) is 41.5 Å². The summed E-state index contributed by atoms with van der Waals surface area (Å²) in [7, 11) is 0. The second-order valence-electron chi connectivity index (χ2n) is 4.64. The molecule has 3 rings (SSSR count). The van der Waals surface area contributed by atoms with Gasteiger partial charge >= 0.3 is 0 Å². The fourth-order valence-electron chi connectivity index (χ4n) is 1.49. The molecule has 0 radical (unpaired) electrons. The lowest BCUT2D eigenvalue weighted by molar-refractivity contribution is 0.983. The van der Waals surface area contributed by atoms with E-state index in [2.05, 4.69) is 19.9 Å². The largest absolute Gasteiger partial charge is 0.258 e. The van der Waals surface area contributed by atoms with Gasteiger partial charge in [0.2, 0.25) is 0 Å². The van der Waals surface area contributed by atoms with Crippen LogP contribution in [0.5, 0.6) is 0 Å². The molecular formula is C14H18N4. The molecule has 0 amide bonds. The summed E-state index contributed by atoms with van der Waals surface area (Å²) in [6.45, 7) is 5.76. The third-order valence-corrected chi connectivity index (χ3v) is 2.76. The molecule has 0 bridgehead atoms. The molecule has 1 saturated carbocycles. The first-order valence-electron chi connectivity index (χ1n) is 6.19. The standard InChI is InChI=1S/C8H10N2.C6H8N2/c1-6-9-4-8(5-10-6)7-2-3-7;1-5-3-8-6(2)4-7-5/h4-5,7H,2-3H2,1H3;3-4H,1-2H3. The van der Waals surface area contributed by atoms with Crippen molar-refractivity contribution in [2.75, 3.05) is 0 Å². The maximum atomic E-state index is 4.13. The highest BCUT2D eigenvalue weighted by molar-refractivity contribution is 5.16. The number of hydrogen-bond donors (Lipinski definition) is 0. The summed E-state index contributed by atoms with van der Waals surface area (Å²) in [6, 6.07) is 0. The molecule has 0 N–H and O–H groups in total. The number of nitrogens with zero attached hydrogens (tertiary/aromatic N) is 4. The normalized spacial score (nSPS) is 13.7. The van der Waals surface area contributed by atoms with Crippen LogP contribution in [0.25, 0.3) is 0 Å². The van der Waals surface area contributed by atoms with E-state index in [1.165, 1.54) is 18.4 Å². The van der Waals surface area contributed by atoms with E-state index >= 15 is 0 Å². The molecule has 2 aromatic heterocycles. The van der Waals surface area contributed by atoms with Gasteiger partial charge in [0.1, 0.15) is 5.82 Å². The zero-order chi connectivity index (χ0) is 13.0. The number of rotatable bonds is 1. The number of aromatic nitrogens is 4. The molecule has 1 aliphatic rings. The van der Waals surface area contributed by atoms with Crippen molar-refractivity contribution < 1.29 is 0 Å². The summed E-state index contributed by atoms with van der Waals surface area (Å²) >= 11 is 0. The minimum Gasteiger partial charge on any atom is -0.258 e. The molecule has 0 aromatic carbocycles. The van der Waals surface area contributed by atoms with Crippen molar-refractivity contribution in [1.82, 2.24) is 19.9 Å². The second-order valence-corrected chi connectivity index (χ2v) is 4.64. The van der Waals surface area contributed by atoms with Gasteiger partial charge in [-0.25, -0.2) is 9.97 Å². The smallest absolute Gasteiger partial charge is 0.125 e. The van der Waals surface area contributed by atoms with Crippen molar-refractivity contribution in [1.29, 1.82) is 0 Å². The SMILES string of the molecule is Cc1cnc(C)cn1.Cc1ncc(C2CC2)cn1. The van der Waals surface area contributed by atoms with E-state index in [9.17, 15) is 0 Å². The Bertz CT molecular complexity index is 465. The van der Waals surface area contributed by atoms with E-state index in [1.807, 2.05) is 33.2 Å². The first-order valence-corrected chi connectivity index (χ1v) is 6.19. The Morgan fingerprint density at radius 1 is 0.778 bits per heavy atom. The van der Waals surface area contributed by atoms with Gasteiger partial charge in [-0.05, 0) is 45.1 Å². The lowest BCUT2D eigenvalue weighted by atomic mass is 10.2. The molecule has 0 unspecified atom stereocenters. The van der Waals surface area contributed by atoms with Crippen molar-refractivity contribution >= 4 is 0 Å². The Hall–Kier alpha value is -1.84. The Morgan fingerprint density at radius 3 is 1.67 bits per heavy atom. The number of aryl methyl sites for hydroxylation is 3. The number of hydrogen-bond acceptors (Lipinski definition) is 4. The lowest BCUT2D eigenvalue weighted by Crippen LogP contribution is -1.88. The van der Waals surface area contributed by atoms with Crippen molar-refractivity contribution in [3.63, 3.8) is 0 Å². The van der Waals surface area contributed by atoms with Gasteiger partial charge in [-0.3, -0.25) is 9.97 Å². The molecule has 4 nitrogen and oxygen atoms in total. The predicted octanol–water partition coefficient (Wildman–Crippen LogP) is 2.76. The zero-order valence-electron chi connectivity index (χ0n) is 11.1. The molecule has 4 heteroatoms. The third-order valence-electron chi connectivity index (χ3n) is 2.76. The Labute approximate surface area is 108 Å². The molecular weight excluding hydrogens is 224 g/mol. The van der Waals surface area contributed by atoms with Gasteiger partial charge in [0.25, 0.3) is 0 Å². The fraction of sp³-hybridized carbons (Fsp3) is 0.429. The van der Waals surface area contributed by atoms with Crippen LogP contribution >= 0.6 is 0 Å². The molecule has 2 heterocycles. The molecule has 1 aliphatic carbocycles. The van der Waals surface area contributed by atoms with Crippen LogP contribution in [0.3, 0.4) is 0 Å². The monoisotopic (exact) mass is 242 g/mol. The average Bonchev–Trinajstić information content (AvgIpc) is 3.19. The summed E-state index contributed by atoms with van der Waals surface area (Å²) in [4.78, 5) is 16.3. The van der Waals surface area contributed by atoms with Crippen LogP contribution in [-0.2, 0) is 0 Å². The lowest BCUT2D eigenvalue weighted by Gasteiger charge is -1.94. The summed E-state index contributed by atoms with van der Waals surface area (Å²) in [5, 5.41) is 0. The van der Waals surface area contributed by atoms with Crippen LogP contribution in [0.2, 0.25) is 0 Å². The van der Waals surface area contributed by atoms with Crippen molar-refractivity contribution in [3.05, 3.63) is 47.6 Å². The van der Waals surface area contributed by atoms with Crippen LogP contribution in [-0.4, -0.2) is 19.9 Å². The van der Waals surface area contributed by atoms with E-state index in [0.29, 0.717) is 0 Å². The zero-order valence-corrected chi connectivity index (χ0v) is 11.1. The average molecular weight is 242 g/mol. The predicted molar refractivity (Wildman–Crippen MR) is 70.3 cm³/mol. The summed E-state index contributed by atoms with van der Waals surface area (Å²) in [6.07, 6.45) is 10.1. The molecule has 18 heavy (non-hydrogen) atoms. The van der Waals surface area contributed by atoms with Gasteiger partial charge in [-0.2, -0.15) is 0 Å². The maximum absolute atomic E-state index is 4.13. The summed E-state index contributed by atoms with van der Waals surface area (Å²) in [5.41, 5.74) is 3.25. The summed E-state index contributed by atoms with van der Waals surface area (Å²) in [5.74, 6) is 1.64. The quantitative estimate of drug-likeness (QED) is 0.771.